The Kier molecular flexibility index (Phi) is 4.99. The van der Waals surface area contributed by atoms with Crippen LogP contribution in [-0.4, -0.2) is 43.5 Å². The number of rotatable bonds is 6. The molecule has 1 aromatic carbocycles. The highest BCUT2D eigenvalue weighted by atomic mass is 32.2. The van der Waals surface area contributed by atoms with Gasteiger partial charge in [0.25, 0.3) is 10.0 Å². The Bertz CT molecular complexity index is 1150. The van der Waals surface area contributed by atoms with E-state index in [-0.39, 0.29) is 16.4 Å². The van der Waals surface area contributed by atoms with Gasteiger partial charge in [0.1, 0.15) is 0 Å². The monoisotopic (exact) mass is 490 g/mol. The van der Waals surface area contributed by atoms with Crippen molar-refractivity contribution in [3.63, 3.8) is 0 Å². The van der Waals surface area contributed by atoms with Gasteiger partial charge in [-0.05, 0) is 62.3 Å². The van der Waals surface area contributed by atoms with Gasteiger partial charge in [-0.1, -0.05) is 11.3 Å². The number of fused-ring (bicyclic) bond motifs is 1. The van der Waals surface area contributed by atoms with Gasteiger partial charge in [0, 0.05) is 24.3 Å². The number of nitrogens with zero attached hydrogens (tertiary/aromatic N) is 2. The standard InChI is InChI=1S/C20H22F4N4O2S2/c21-16-9-25-17(31-16)27-32(29,30)13-2-3-15(14(8-13)20(22,23)24)26-11-19-4-1-7-28(19)12-18(10-19)5-6-18/h2-3,8-9,26H,1,4-7,10-12H2,(H,25,27). The van der Waals surface area contributed by atoms with Crippen LogP contribution < -0.4 is 10.0 Å². The summed E-state index contributed by atoms with van der Waals surface area (Å²) in [6.45, 7) is 2.37. The van der Waals surface area contributed by atoms with E-state index in [4.69, 9.17) is 0 Å². The first-order valence-corrected chi connectivity index (χ1v) is 12.6. The molecule has 1 spiro atoms. The van der Waals surface area contributed by atoms with Crippen molar-refractivity contribution in [1.29, 1.82) is 0 Å². The minimum absolute atomic E-state index is 0.138. The van der Waals surface area contributed by atoms with Crippen molar-refractivity contribution in [3.8, 4) is 0 Å². The number of hydrogen-bond acceptors (Lipinski definition) is 6. The second-order valence-corrected chi connectivity index (χ2v) is 11.7. The number of benzene rings is 1. The van der Waals surface area contributed by atoms with Gasteiger partial charge in [-0.2, -0.15) is 17.6 Å². The van der Waals surface area contributed by atoms with E-state index in [9.17, 15) is 26.0 Å². The highest BCUT2D eigenvalue weighted by molar-refractivity contribution is 7.93. The summed E-state index contributed by atoms with van der Waals surface area (Å²) in [5.41, 5.74) is -0.991. The summed E-state index contributed by atoms with van der Waals surface area (Å²) >= 11 is 0.450. The molecule has 3 heterocycles. The third kappa shape index (κ3) is 3.96. The summed E-state index contributed by atoms with van der Waals surface area (Å²) in [5.74, 6) is 0. The first-order valence-electron chi connectivity index (χ1n) is 10.3. The van der Waals surface area contributed by atoms with Crippen LogP contribution in [0, 0.1) is 10.5 Å². The van der Waals surface area contributed by atoms with E-state index in [0.717, 1.165) is 50.7 Å². The van der Waals surface area contributed by atoms with Crippen molar-refractivity contribution in [3.05, 3.63) is 35.1 Å². The molecule has 2 aromatic rings. The lowest BCUT2D eigenvalue weighted by Crippen LogP contribution is -2.44. The predicted molar refractivity (Wildman–Crippen MR) is 113 cm³/mol. The van der Waals surface area contributed by atoms with Gasteiger partial charge < -0.3 is 5.32 Å². The van der Waals surface area contributed by atoms with E-state index < -0.39 is 31.8 Å². The molecule has 1 aromatic heterocycles. The first kappa shape index (κ1) is 21.9. The average molecular weight is 491 g/mol. The van der Waals surface area contributed by atoms with Gasteiger partial charge in [-0.15, -0.1) is 0 Å². The van der Waals surface area contributed by atoms with Crippen molar-refractivity contribution in [2.75, 3.05) is 29.7 Å². The highest BCUT2D eigenvalue weighted by Gasteiger charge is 2.59. The van der Waals surface area contributed by atoms with Gasteiger partial charge in [0.2, 0.25) is 0 Å². The molecule has 1 saturated carbocycles. The Labute approximate surface area is 187 Å². The van der Waals surface area contributed by atoms with E-state index in [1.807, 2.05) is 4.72 Å². The largest absolute Gasteiger partial charge is 0.418 e. The van der Waals surface area contributed by atoms with Crippen LogP contribution >= 0.6 is 11.3 Å². The summed E-state index contributed by atoms with van der Waals surface area (Å²) in [5, 5.41) is 2.02. The summed E-state index contributed by atoms with van der Waals surface area (Å²) in [7, 11) is -4.36. The van der Waals surface area contributed by atoms with Crippen LogP contribution in [0.15, 0.2) is 29.3 Å². The fourth-order valence-corrected chi connectivity index (χ4v) is 7.00. The molecule has 1 unspecified atom stereocenters. The van der Waals surface area contributed by atoms with Crippen LogP contribution in [0.1, 0.15) is 37.7 Å². The van der Waals surface area contributed by atoms with Crippen LogP contribution in [0.3, 0.4) is 0 Å². The predicted octanol–water partition coefficient (Wildman–Crippen LogP) is 4.53. The lowest BCUT2D eigenvalue weighted by atomic mass is 9.88. The normalized spacial score (nSPS) is 24.6. The maximum absolute atomic E-state index is 13.8. The minimum atomic E-state index is -4.75. The summed E-state index contributed by atoms with van der Waals surface area (Å²) < 4.78 is 81.6. The number of nitrogens with one attached hydrogen (secondary N) is 2. The van der Waals surface area contributed by atoms with E-state index >= 15 is 0 Å². The Balaban J connectivity index is 1.39. The molecular weight excluding hydrogens is 468 g/mol. The van der Waals surface area contributed by atoms with Crippen molar-refractivity contribution >= 4 is 32.2 Å². The Morgan fingerprint density at radius 2 is 2.00 bits per heavy atom. The zero-order valence-corrected chi connectivity index (χ0v) is 18.6. The van der Waals surface area contributed by atoms with Crippen LogP contribution in [0.2, 0.25) is 0 Å². The third-order valence-corrected chi connectivity index (χ3v) is 9.01. The van der Waals surface area contributed by atoms with E-state index in [1.165, 1.54) is 12.8 Å². The zero-order valence-electron chi connectivity index (χ0n) is 17.0. The lowest BCUT2D eigenvalue weighted by molar-refractivity contribution is -0.137. The maximum atomic E-state index is 13.8. The molecule has 2 N–H and O–H groups in total. The van der Waals surface area contributed by atoms with Crippen molar-refractivity contribution in [2.24, 2.45) is 5.41 Å². The highest BCUT2D eigenvalue weighted by Crippen LogP contribution is 2.60. The van der Waals surface area contributed by atoms with Gasteiger partial charge in [-0.25, -0.2) is 13.4 Å². The first-order chi connectivity index (χ1) is 15.0. The number of hydrogen-bond donors (Lipinski definition) is 2. The molecule has 5 rings (SSSR count). The fourth-order valence-electron chi connectivity index (χ4n) is 5.19. The van der Waals surface area contributed by atoms with Crippen LogP contribution in [0.5, 0.6) is 0 Å². The average Bonchev–Trinajstić information content (AvgIpc) is 2.99. The van der Waals surface area contributed by atoms with Crippen LogP contribution in [0.25, 0.3) is 0 Å². The van der Waals surface area contributed by atoms with Gasteiger partial charge in [0.05, 0.1) is 16.7 Å². The number of aromatic nitrogens is 1. The summed E-state index contributed by atoms with van der Waals surface area (Å²) in [4.78, 5) is 5.40. The van der Waals surface area contributed by atoms with Gasteiger partial charge in [-0.3, -0.25) is 9.62 Å². The third-order valence-electron chi connectivity index (χ3n) is 6.84. The zero-order chi connectivity index (χ0) is 22.8. The van der Waals surface area contributed by atoms with E-state index in [0.29, 0.717) is 29.4 Å². The molecule has 1 atom stereocenters. The molecule has 6 nitrogen and oxygen atoms in total. The van der Waals surface area contributed by atoms with Crippen molar-refractivity contribution in [2.45, 2.75) is 48.7 Å². The molecular formula is C20H22F4N4O2S2. The number of halogens is 4. The fraction of sp³-hybridized carbons (Fsp3) is 0.550. The number of alkyl halides is 3. The quantitative estimate of drug-likeness (QED) is 0.582. The SMILES string of the molecule is O=S(=O)(Nc1ncc(F)s1)c1ccc(NCC23CCCN2CC2(CC2)C3)c(C(F)(F)F)c1. The number of thiazole rings is 1. The number of anilines is 2. The molecule has 2 aliphatic heterocycles. The molecule has 32 heavy (non-hydrogen) atoms. The minimum Gasteiger partial charge on any atom is -0.383 e. The molecule has 3 fully saturated rings. The summed E-state index contributed by atoms with van der Waals surface area (Å²) in [6, 6.07) is 2.87. The van der Waals surface area contributed by atoms with Crippen LogP contribution in [-0.2, 0) is 16.2 Å². The van der Waals surface area contributed by atoms with Gasteiger partial charge in [0.15, 0.2) is 10.3 Å². The molecule has 1 aliphatic carbocycles. The molecule has 0 amide bonds. The van der Waals surface area contributed by atoms with Gasteiger partial charge >= 0.3 is 6.18 Å². The molecule has 174 valence electrons. The molecule has 3 aliphatic rings. The second-order valence-electron chi connectivity index (χ2n) is 9.06. The van der Waals surface area contributed by atoms with Crippen molar-refractivity contribution < 1.29 is 26.0 Å². The molecule has 0 bridgehead atoms. The smallest absolute Gasteiger partial charge is 0.383 e. The topological polar surface area (TPSA) is 74.3 Å². The number of sulfonamides is 1. The van der Waals surface area contributed by atoms with E-state index in [2.05, 4.69) is 15.2 Å². The summed E-state index contributed by atoms with van der Waals surface area (Å²) in [6.07, 6.45) is 1.42. The molecule has 2 saturated heterocycles. The van der Waals surface area contributed by atoms with E-state index in [1.54, 1.807) is 0 Å². The van der Waals surface area contributed by atoms with Crippen molar-refractivity contribution in [1.82, 2.24) is 9.88 Å². The molecule has 12 heteroatoms. The Morgan fingerprint density at radius 1 is 1.22 bits per heavy atom. The molecule has 0 radical (unpaired) electrons. The lowest BCUT2D eigenvalue weighted by Gasteiger charge is -2.33. The Morgan fingerprint density at radius 3 is 2.66 bits per heavy atom. The maximum Gasteiger partial charge on any atom is 0.418 e. The Hall–Kier alpha value is -1.92. The van der Waals surface area contributed by atoms with Crippen LogP contribution in [0.4, 0.5) is 28.4 Å². The second kappa shape index (κ2) is 7.29.